The first-order chi connectivity index (χ1) is 14.2. The zero-order valence-corrected chi connectivity index (χ0v) is 17.2. The number of aryl methyl sites for hydroxylation is 2. The first-order valence-electron chi connectivity index (χ1n) is 9.67. The minimum atomic E-state index is -0.463. The van der Waals surface area contributed by atoms with E-state index in [1.54, 1.807) is 0 Å². The number of para-hydroxylation sites is 2. The van der Waals surface area contributed by atoms with E-state index < -0.39 is 6.10 Å². The summed E-state index contributed by atoms with van der Waals surface area (Å²) in [7, 11) is 0. The van der Waals surface area contributed by atoms with Crippen LogP contribution < -0.4 is 9.47 Å². The molecule has 0 bridgehead atoms. The van der Waals surface area contributed by atoms with Crippen LogP contribution in [0.3, 0.4) is 0 Å². The third-order valence-corrected chi connectivity index (χ3v) is 5.62. The summed E-state index contributed by atoms with van der Waals surface area (Å²) >= 11 is 1.24. The standard InChI is InChI=1S/C22H22N2O4S/c1-3-14-9-10-15(4-2)16(11-14)17(25)13-29-22-24-23-21(28-22)20-12-26-18-7-5-6-8-19(18)27-20/h5-11,20H,3-4,12-13H2,1-2H3. The summed E-state index contributed by atoms with van der Waals surface area (Å²) in [6, 6.07) is 13.6. The summed E-state index contributed by atoms with van der Waals surface area (Å²) in [5.41, 5.74) is 3.00. The highest BCUT2D eigenvalue weighted by Crippen LogP contribution is 2.36. The third-order valence-electron chi connectivity index (χ3n) is 4.80. The van der Waals surface area contributed by atoms with Crippen molar-refractivity contribution in [3.05, 3.63) is 65.0 Å². The number of fused-ring (bicyclic) bond motifs is 1. The molecule has 1 aliphatic heterocycles. The quantitative estimate of drug-likeness (QED) is 0.413. The van der Waals surface area contributed by atoms with E-state index in [4.69, 9.17) is 13.9 Å². The van der Waals surface area contributed by atoms with Gasteiger partial charge in [0.05, 0.1) is 5.75 Å². The van der Waals surface area contributed by atoms with Gasteiger partial charge in [-0.05, 0) is 42.2 Å². The fraction of sp³-hybridized carbons (Fsp3) is 0.318. The molecule has 0 spiro atoms. The molecule has 6 nitrogen and oxygen atoms in total. The molecule has 3 aromatic rings. The van der Waals surface area contributed by atoms with Crippen LogP contribution in [0.1, 0.15) is 47.3 Å². The molecular weight excluding hydrogens is 388 g/mol. The van der Waals surface area contributed by atoms with Gasteiger partial charge in [-0.1, -0.05) is 49.9 Å². The average molecular weight is 410 g/mol. The number of hydrogen-bond acceptors (Lipinski definition) is 7. The molecule has 1 aliphatic rings. The van der Waals surface area contributed by atoms with Crippen LogP contribution >= 0.6 is 11.8 Å². The van der Waals surface area contributed by atoms with Gasteiger partial charge in [0.15, 0.2) is 17.3 Å². The Morgan fingerprint density at radius 2 is 1.93 bits per heavy atom. The molecule has 2 heterocycles. The van der Waals surface area contributed by atoms with E-state index in [1.165, 1.54) is 11.8 Å². The highest BCUT2D eigenvalue weighted by atomic mass is 32.2. The van der Waals surface area contributed by atoms with E-state index in [0.29, 0.717) is 29.2 Å². The van der Waals surface area contributed by atoms with Gasteiger partial charge in [0.25, 0.3) is 11.1 Å². The van der Waals surface area contributed by atoms with Gasteiger partial charge in [0, 0.05) is 5.56 Å². The van der Waals surface area contributed by atoms with Crippen LogP contribution in [0.15, 0.2) is 52.1 Å². The number of aromatic nitrogens is 2. The fourth-order valence-corrected chi connectivity index (χ4v) is 3.82. The molecule has 0 saturated heterocycles. The molecule has 7 heteroatoms. The first-order valence-corrected chi connectivity index (χ1v) is 10.7. The number of carbonyl (C=O) groups excluding carboxylic acids is 1. The van der Waals surface area contributed by atoms with Crippen LogP contribution in [0.4, 0.5) is 0 Å². The smallest absolute Gasteiger partial charge is 0.277 e. The number of ether oxygens (including phenoxy) is 2. The number of ketones is 1. The second-order valence-electron chi connectivity index (χ2n) is 6.68. The lowest BCUT2D eigenvalue weighted by molar-refractivity contribution is 0.0686. The van der Waals surface area contributed by atoms with Crippen LogP contribution in [0, 0.1) is 0 Å². The van der Waals surface area contributed by atoms with Crippen molar-refractivity contribution in [1.29, 1.82) is 0 Å². The van der Waals surface area contributed by atoms with Gasteiger partial charge in [0.2, 0.25) is 6.10 Å². The number of hydrogen-bond donors (Lipinski definition) is 0. The van der Waals surface area contributed by atoms with Crippen LogP contribution in [0.2, 0.25) is 0 Å². The van der Waals surface area contributed by atoms with E-state index in [9.17, 15) is 4.79 Å². The normalized spacial score (nSPS) is 15.3. The van der Waals surface area contributed by atoms with Crippen molar-refractivity contribution < 1.29 is 18.7 Å². The highest BCUT2D eigenvalue weighted by molar-refractivity contribution is 7.99. The second kappa shape index (κ2) is 8.69. The van der Waals surface area contributed by atoms with Crippen molar-refractivity contribution in [1.82, 2.24) is 10.2 Å². The SMILES string of the molecule is CCc1ccc(CC)c(C(=O)CSc2nnc(C3COc4ccccc4O3)o2)c1. The Kier molecular flexibility index (Phi) is 5.85. The number of carbonyl (C=O) groups is 1. The Hall–Kier alpha value is -2.80. The van der Waals surface area contributed by atoms with E-state index in [0.717, 1.165) is 29.5 Å². The Morgan fingerprint density at radius 3 is 2.72 bits per heavy atom. The average Bonchev–Trinajstić information content (AvgIpc) is 3.25. The molecular formula is C22H22N2O4S. The minimum absolute atomic E-state index is 0.0630. The lowest BCUT2D eigenvalue weighted by Crippen LogP contribution is -2.21. The summed E-state index contributed by atoms with van der Waals surface area (Å²) in [5, 5.41) is 8.47. The number of nitrogens with zero attached hydrogens (tertiary/aromatic N) is 2. The molecule has 0 saturated carbocycles. The number of Topliss-reactive ketones (excluding diaryl/α,β-unsaturated/α-hetero) is 1. The molecule has 0 aliphatic carbocycles. The summed E-state index contributed by atoms with van der Waals surface area (Å²) in [5.74, 6) is 2.00. The highest BCUT2D eigenvalue weighted by Gasteiger charge is 2.27. The molecule has 2 aromatic carbocycles. The van der Waals surface area contributed by atoms with Crippen molar-refractivity contribution in [2.45, 2.75) is 38.0 Å². The van der Waals surface area contributed by atoms with Crippen LogP contribution in [-0.4, -0.2) is 28.3 Å². The van der Waals surface area contributed by atoms with Crippen molar-refractivity contribution in [2.75, 3.05) is 12.4 Å². The van der Waals surface area contributed by atoms with Gasteiger partial charge in [-0.15, -0.1) is 10.2 Å². The number of rotatable bonds is 7. The van der Waals surface area contributed by atoms with Crippen molar-refractivity contribution in [2.24, 2.45) is 0 Å². The van der Waals surface area contributed by atoms with E-state index in [1.807, 2.05) is 36.4 Å². The van der Waals surface area contributed by atoms with E-state index >= 15 is 0 Å². The second-order valence-corrected chi connectivity index (χ2v) is 7.61. The molecule has 150 valence electrons. The minimum Gasteiger partial charge on any atom is -0.485 e. The van der Waals surface area contributed by atoms with Gasteiger partial charge in [-0.25, -0.2) is 0 Å². The maximum Gasteiger partial charge on any atom is 0.277 e. The summed E-state index contributed by atoms with van der Waals surface area (Å²) < 4.78 is 17.3. The lowest BCUT2D eigenvalue weighted by Gasteiger charge is -2.23. The molecule has 4 rings (SSSR count). The predicted octanol–water partition coefficient (Wildman–Crippen LogP) is 4.68. The molecule has 0 radical (unpaired) electrons. The topological polar surface area (TPSA) is 74.5 Å². The van der Waals surface area contributed by atoms with E-state index in [2.05, 4.69) is 30.1 Å². The van der Waals surface area contributed by atoms with Gasteiger partial charge >= 0.3 is 0 Å². The molecule has 0 amide bonds. The monoisotopic (exact) mass is 410 g/mol. The Morgan fingerprint density at radius 1 is 1.10 bits per heavy atom. The van der Waals surface area contributed by atoms with Crippen LogP contribution in [-0.2, 0) is 12.8 Å². The number of benzene rings is 2. The molecule has 29 heavy (non-hydrogen) atoms. The van der Waals surface area contributed by atoms with Crippen LogP contribution in [0.25, 0.3) is 0 Å². The molecule has 0 fully saturated rings. The third kappa shape index (κ3) is 4.29. The summed E-state index contributed by atoms with van der Waals surface area (Å²) in [6.45, 7) is 4.44. The largest absolute Gasteiger partial charge is 0.485 e. The molecule has 1 atom stereocenters. The first kappa shape index (κ1) is 19.5. The van der Waals surface area contributed by atoms with Crippen molar-refractivity contribution in [3.8, 4) is 11.5 Å². The zero-order chi connectivity index (χ0) is 20.2. The Balaban J connectivity index is 1.41. The number of thioether (sulfide) groups is 1. The predicted molar refractivity (Wildman–Crippen MR) is 110 cm³/mol. The summed E-state index contributed by atoms with van der Waals surface area (Å²) in [4.78, 5) is 12.8. The molecule has 1 aromatic heterocycles. The molecule has 0 N–H and O–H groups in total. The van der Waals surface area contributed by atoms with Gasteiger partial charge < -0.3 is 13.9 Å². The lowest BCUT2D eigenvalue weighted by atomic mass is 9.98. The Bertz CT molecular complexity index is 1020. The molecule has 1 unspecified atom stereocenters. The maximum atomic E-state index is 12.8. The Labute approximate surface area is 173 Å². The van der Waals surface area contributed by atoms with Gasteiger partial charge in [-0.2, -0.15) is 0 Å². The van der Waals surface area contributed by atoms with Crippen molar-refractivity contribution >= 4 is 17.5 Å². The van der Waals surface area contributed by atoms with Gasteiger partial charge in [-0.3, -0.25) is 4.79 Å². The van der Waals surface area contributed by atoms with Crippen LogP contribution in [0.5, 0.6) is 11.5 Å². The van der Waals surface area contributed by atoms with Crippen molar-refractivity contribution in [3.63, 3.8) is 0 Å². The van der Waals surface area contributed by atoms with Gasteiger partial charge in [0.1, 0.15) is 6.61 Å². The van der Waals surface area contributed by atoms with E-state index in [-0.39, 0.29) is 11.5 Å². The summed E-state index contributed by atoms with van der Waals surface area (Å²) in [6.07, 6.45) is 1.26. The zero-order valence-electron chi connectivity index (χ0n) is 16.4. The fourth-order valence-electron chi connectivity index (χ4n) is 3.17. The maximum absolute atomic E-state index is 12.8.